The lowest BCUT2D eigenvalue weighted by atomic mass is 10.1. The van der Waals surface area contributed by atoms with Crippen molar-refractivity contribution in [3.8, 4) is 0 Å². The van der Waals surface area contributed by atoms with Gasteiger partial charge in [0.1, 0.15) is 6.61 Å². The van der Waals surface area contributed by atoms with Crippen molar-refractivity contribution in [1.82, 2.24) is 0 Å². The third kappa shape index (κ3) is 2.91. The molecule has 0 bridgehead atoms. The van der Waals surface area contributed by atoms with Gasteiger partial charge < -0.3 is 4.74 Å². The molecular formula is C10H14O2. The molecule has 1 aliphatic rings. The van der Waals surface area contributed by atoms with Crippen molar-refractivity contribution < 1.29 is 9.53 Å². The van der Waals surface area contributed by atoms with E-state index in [1.54, 1.807) is 6.08 Å². The maximum atomic E-state index is 10.6. The van der Waals surface area contributed by atoms with Crippen molar-refractivity contribution in [2.45, 2.75) is 26.2 Å². The van der Waals surface area contributed by atoms with Crippen LogP contribution in [0.5, 0.6) is 0 Å². The van der Waals surface area contributed by atoms with Gasteiger partial charge in [-0.15, -0.1) is 6.58 Å². The van der Waals surface area contributed by atoms with Gasteiger partial charge in [-0.1, -0.05) is 5.57 Å². The highest BCUT2D eigenvalue weighted by atomic mass is 16.5. The summed E-state index contributed by atoms with van der Waals surface area (Å²) in [6.45, 7) is 6.33. The minimum atomic E-state index is -0.194. The molecule has 0 radical (unpaired) electrons. The van der Waals surface area contributed by atoms with Gasteiger partial charge in [-0.2, -0.15) is 0 Å². The van der Waals surface area contributed by atoms with Gasteiger partial charge in [0.2, 0.25) is 0 Å². The van der Waals surface area contributed by atoms with Gasteiger partial charge in [-0.05, 0) is 31.8 Å². The summed E-state index contributed by atoms with van der Waals surface area (Å²) in [5, 5.41) is 0. The van der Waals surface area contributed by atoms with E-state index in [0.29, 0.717) is 6.61 Å². The standard InChI is InChI=1S/C10H14O2/c1-8(2)4-3-5-9-6-10(11)12-7-9/h6H,1,3-5,7H2,2H3. The Morgan fingerprint density at radius 3 is 3.00 bits per heavy atom. The van der Waals surface area contributed by atoms with Crippen molar-refractivity contribution in [3.63, 3.8) is 0 Å². The Hall–Kier alpha value is -1.05. The van der Waals surface area contributed by atoms with Gasteiger partial charge in [0, 0.05) is 6.08 Å². The molecule has 0 unspecified atom stereocenters. The van der Waals surface area contributed by atoms with Gasteiger partial charge in [-0.3, -0.25) is 0 Å². The molecule has 66 valence electrons. The molecule has 0 aromatic carbocycles. The fraction of sp³-hybridized carbons (Fsp3) is 0.500. The van der Waals surface area contributed by atoms with E-state index in [-0.39, 0.29) is 5.97 Å². The van der Waals surface area contributed by atoms with E-state index < -0.39 is 0 Å². The van der Waals surface area contributed by atoms with Crippen LogP contribution in [0.1, 0.15) is 26.2 Å². The zero-order valence-electron chi connectivity index (χ0n) is 7.43. The highest BCUT2D eigenvalue weighted by molar-refractivity contribution is 5.85. The Morgan fingerprint density at radius 2 is 2.50 bits per heavy atom. The van der Waals surface area contributed by atoms with Crippen LogP contribution in [0.2, 0.25) is 0 Å². The first-order chi connectivity index (χ1) is 5.68. The number of carbonyl (C=O) groups excluding carboxylic acids is 1. The van der Waals surface area contributed by atoms with Crippen LogP contribution in [0.15, 0.2) is 23.8 Å². The van der Waals surface area contributed by atoms with Crippen LogP contribution in [0.25, 0.3) is 0 Å². The van der Waals surface area contributed by atoms with Crippen LogP contribution in [-0.4, -0.2) is 12.6 Å². The fourth-order valence-corrected chi connectivity index (χ4v) is 1.18. The molecule has 2 nitrogen and oxygen atoms in total. The second kappa shape index (κ2) is 4.10. The molecule has 0 aromatic heterocycles. The first-order valence-corrected chi connectivity index (χ1v) is 4.19. The number of ether oxygens (including phenoxy) is 1. The van der Waals surface area contributed by atoms with E-state index in [4.69, 9.17) is 4.74 Å². The van der Waals surface area contributed by atoms with Crippen LogP contribution >= 0.6 is 0 Å². The Labute approximate surface area is 72.9 Å². The maximum absolute atomic E-state index is 10.6. The number of hydrogen-bond donors (Lipinski definition) is 0. The topological polar surface area (TPSA) is 26.3 Å². The van der Waals surface area contributed by atoms with Gasteiger partial charge in [0.15, 0.2) is 0 Å². The Bertz CT molecular complexity index is 226. The summed E-state index contributed by atoms with van der Waals surface area (Å²) >= 11 is 0. The van der Waals surface area contributed by atoms with Crippen LogP contribution < -0.4 is 0 Å². The molecule has 1 rings (SSSR count). The molecule has 0 saturated carbocycles. The second-order valence-electron chi connectivity index (χ2n) is 3.22. The molecule has 0 amide bonds. The molecule has 0 aromatic rings. The number of allylic oxidation sites excluding steroid dienone is 1. The van der Waals surface area contributed by atoms with Crippen molar-refractivity contribution in [3.05, 3.63) is 23.8 Å². The van der Waals surface area contributed by atoms with Gasteiger partial charge in [-0.25, -0.2) is 4.79 Å². The Kier molecular flexibility index (Phi) is 3.09. The smallest absolute Gasteiger partial charge is 0.331 e. The normalized spacial score (nSPS) is 15.8. The van der Waals surface area contributed by atoms with E-state index in [2.05, 4.69) is 6.58 Å². The lowest BCUT2D eigenvalue weighted by Crippen LogP contribution is -1.91. The molecule has 0 saturated heterocycles. The second-order valence-corrected chi connectivity index (χ2v) is 3.22. The molecule has 12 heavy (non-hydrogen) atoms. The van der Waals surface area contributed by atoms with E-state index in [9.17, 15) is 4.79 Å². The minimum Gasteiger partial charge on any atom is -0.458 e. The molecule has 0 aliphatic carbocycles. The van der Waals surface area contributed by atoms with E-state index in [0.717, 1.165) is 24.8 Å². The maximum Gasteiger partial charge on any atom is 0.331 e. The molecule has 2 heteroatoms. The van der Waals surface area contributed by atoms with Crippen LogP contribution in [-0.2, 0) is 9.53 Å². The van der Waals surface area contributed by atoms with E-state index >= 15 is 0 Å². The molecule has 0 N–H and O–H groups in total. The number of hydrogen-bond acceptors (Lipinski definition) is 2. The van der Waals surface area contributed by atoms with Gasteiger partial charge in [0.05, 0.1) is 0 Å². The molecule has 0 fully saturated rings. The zero-order chi connectivity index (χ0) is 8.97. The van der Waals surface area contributed by atoms with Crippen LogP contribution in [0, 0.1) is 0 Å². The van der Waals surface area contributed by atoms with Crippen LogP contribution in [0.4, 0.5) is 0 Å². The minimum absolute atomic E-state index is 0.194. The number of carbonyl (C=O) groups is 1. The quantitative estimate of drug-likeness (QED) is 0.473. The molecule has 0 atom stereocenters. The average Bonchev–Trinajstić information content (AvgIpc) is 2.35. The highest BCUT2D eigenvalue weighted by Crippen LogP contribution is 2.15. The summed E-state index contributed by atoms with van der Waals surface area (Å²) in [6, 6.07) is 0. The summed E-state index contributed by atoms with van der Waals surface area (Å²) in [6.07, 6.45) is 4.65. The molecule has 1 aliphatic heterocycles. The summed E-state index contributed by atoms with van der Waals surface area (Å²) in [7, 11) is 0. The summed E-state index contributed by atoms with van der Waals surface area (Å²) < 4.78 is 4.77. The number of cyclic esters (lactones) is 1. The predicted octanol–water partition coefficient (Wildman–Crippen LogP) is 2.22. The summed E-state index contributed by atoms with van der Waals surface area (Å²) in [5.41, 5.74) is 2.31. The predicted molar refractivity (Wildman–Crippen MR) is 47.7 cm³/mol. The Morgan fingerprint density at radius 1 is 1.75 bits per heavy atom. The van der Waals surface area contributed by atoms with E-state index in [1.165, 1.54) is 5.57 Å². The van der Waals surface area contributed by atoms with Crippen LogP contribution in [0.3, 0.4) is 0 Å². The number of esters is 1. The Balaban J connectivity index is 2.20. The third-order valence-electron chi connectivity index (χ3n) is 1.82. The van der Waals surface area contributed by atoms with Crippen molar-refractivity contribution in [2.24, 2.45) is 0 Å². The van der Waals surface area contributed by atoms with Crippen molar-refractivity contribution >= 4 is 5.97 Å². The lowest BCUT2D eigenvalue weighted by molar-refractivity contribution is -0.134. The average molecular weight is 166 g/mol. The molecular weight excluding hydrogens is 152 g/mol. The van der Waals surface area contributed by atoms with Crippen molar-refractivity contribution in [2.75, 3.05) is 6.61 Å². The molecule has 1 heterocycles. The lowest BCUT2D eigenvalue weighted by Gasteiger charge is -1.99. The third-order valence-corrected chi connectivity index (χ3v) is 1.82. The summed E-state index contributed by atoms with van der Waals surface area (Å²) in [5.74, 6) is -0.194. The molecule has 0 spiro atoms. The fourth-order valence-electron chi connectivity index (χ4n) is 1.18. The van der Waals surface area contributed by atoms with E-state index in [1.807, 2.05) is 6.92 Å². The first kappa shape index (κ1) is 9.04. The SMILES string of the molecule is C=C(C)CCCC1=CC(=O)OC1. The van der Waals surface area contributed by atoms with Crippen molar-refractivity contribution in [1.29, 1.82) is 0 Å². The monoisotopic (exact) mass is 166 g/mol. The highest BCUT2D eigenvalue weighted by Gasteiger charge is 2.11. The zero-order valence-corrected chi connectivity index (χ0v) is 7.43. The summed E-state index contributed by atoms with van der Waals surface area (Å²) in [4.78, 5) is 10.6. The number of rotatable bonds is 4. The van der Waals surface area contributed by atoms with Gasteiger partial charge >= 0.3 is 5.97 Å². The first-order valence-electron chi connectivity index (χ1n) is 4.19. The largest absolute Gasteiger partial charge is 0.458 e. The van der Waals surface area contributed by atoms with Gasteiger partial charge in [0.25, 0.3) is 0 Å².